The van der Waals surface area contributed by atoms with Crippen molar-refractivity contribution in [2.75, 3.05) is 32.1 Å². The van der Waals surface area contributed by atoms with Gasteiger partial charge in [-0.1, -0.05) is 12.1 Å². The highest BCUT2D eigenvalue weighted by Crippen LogP contribution is 2.21. The highest BCUT2D eigenvalue weighted by atomic mass is 15.1. The summed E-state index contributed by atoms with van der Waals surface area (Å²) >= 11 is 0. The molecule has 0 radical (unpaired) electrons. The van der Waals surface area contributed by atoms with Crippen molar-refractivity contribution in [3.8, 4) is 0 Å². The zero-order valence-corrected chi connectivity index (χ0v) is 11.1. The molecular formula is C15H24N2. The van der Waals surface area contributed by atoms with Crippen LogP contribution in [0.25, 0.3) is 0 Å². The SMILES string of the molecule is CN(C)c1cccc(CC2CCCNCC2)c1. The van der Waals surface area contributed by atoms with Crippen molar-refractivity contribution in [1.29, 1.82) is 0 Å². The molecule has 1 aromatic carbocycles. The summed E-state index contributed by atoms with van der Waals surface area (Å²) in [6.07, 6.45) is 5.27. The lowest BCUT2D eigenvalue weighted by atomic mass is 9.92. The zero-order valence-electron chi connectivity index (χ0n) is 11.1. The van der Waals surface area contributed by atoms with Gasteiger partial charge in [-0.3, -0.25) is 0 Å². The summed E-state index contributed by atoms with van der Waals surface area (Å²) in [5.74, 6) is 0.863. The van der Waals surface area contributed by atoms with Crippen molar-refractivity contribution >= 4 is 5.69 Å². The number of hydrogen-bond donors (Lipinski definition) is 1. The molecule has 1 aromatic rings. The quantitative estimate of drug-likeness (QED) is 0.862. The summed E-state index contributed by atoms with van der Waals surface area (Å²) in [5, 5.41) is 3.48. The molecule has 1 heterocycles. The van der Waals surface area contributed by atoms with Gasteiger partial charge in [0.15, 0.2) is 0 Å². The van der Waals surface area contributed by atoms with Gasteiger partial charge in [-0.15, -0.1) is 0 Å². The fraction of sp³-hybridized carbons (Fsp3) is 0.600. The maximum Gasteiger partial charge on any atom is 0.0363 e. The highest BCUT2D eigenvalue weighted by molar-refractivity contribution is 5.47. The molecule has 1 saturated heterocycles. The maximum atomic E-state index is 3.48. The topological polar surface area (TPSA) is 15.3 Å². The van der Waals surface area contributed by atoms with Gasteiger partial charge >= 0.3 is 0 Å². The lowest BCUT2D eigenvalue weighted by molar-refractivity contribution is 0.470. The van der Waals surface area contributed by atoms with E-state index in [2.05, 4.69) is 48.6 Å². The minimum Gasteiger partial charge on any atom is -0.378 e. The number of nitrogens with zero attached hydrogens (tertiary/aromatic N) is 1. The predicted molar refractivity (Wildman–Crippen MR) is 74.7 cm³/mol. The summed E-state index contributed by atoms with van der Waals surface area (Å²) in [6, 6.07) is 8.96. The van der Waals surface area contributed by atoms with E-state index in [1.165, 1.54) is 50.0 Å². The van der Waals surface area contributed by atoms with Crippen LogP contribution in [0.3, 0.4) is 0 Å². The molecule has 1 unspecified atom stereocenters. The van der Waals surface area contributed by atoms with Gasteiger partial charge in [0.2, 0.25) is 0 Å². The Bertz CT molecular complexity index is 339. The lowest BCUT2D eigenvalue weighted by Gasteiger charge is -2.17. The molecule has 1 N–H and O–H groups in total. The predicted octanol–water partition coefficient (Wildman–Crippen LogP) is 2.68. The average molecular weight is 232 g/mol. The summed E-state index contributed by atoms with van der Waals surface area (Å²) < 4.78 is 0. The number of benzene rings is 1. The van der Waals surface area contributed by atoms with Gasteiger partial charge in [0.1, 0.15) is 0 Å². The molecule has 2 heteroatoms. The van der Waals surface area contributed by atoms with Gasteiger partial charge in [-0.25, -0.2) is 0 Å². The number of anilines is 1. The number of hydrogen-bond acceptors (Lipinski definition) is 2. The first-order valence-electron chi connectivity index (χ1n) is 6.72. The number of nitrogens with one attached hydrogen (secondary N) is 1. The third-order valence-corrected chi connectivity index (χ3v) is 3.65. The molecule has 0 aromatic heterocycles. The van der Waals surface area contributed by atoms with Crippen LogP contribution in [0, 0.1) is 5.92 Å². The van der Waals surface area contributed by atoms with Crippen LogP contribution >= 0.6 is 0 Å². The largest absolute Gasteiger partial charge is 0.378 e. The molecular weight excluding hydrogens is 208 g/mol. The highest BCUT2D eigenvalue weighted by Gasteiger charge is 2.12. The molecule has 1 aliphatic heterocycles. The Morgan fingerprint density at radius 1 is 1.24 bits per heavy atom. The van der Waals surface area contributed by atoms with E-state index in [1.807, 2.05) is 0 Å². The van der Waals surface area contributed by atoms with E-state index < -0.39 is 0 Å². The van der Waals surface area contributed by atoms with E-state index in [9.17, 15) is 0 Å². The normalized spacial score (nSPS) is 20.9. The van der Waals surface area contributed by atoms with Crippen molar-refractivity contribution in [3.05, 3.63) is 29.8 Å². The Kier molecular flexibility index (Phi) is 4.43. The minimum absolute atomic E-state index is 0.863. The van der Waals surface area contributed by atoms with E-state index in [4.69, 9.17) is 0 Å². The van der Waals surface area contributed by atoms with Crippen LogP contribution in [0.1, 0.15) is 24.8 Å². The third kappa shape index (κ3) is 3.74. The first kappa shape index (κ1) is 12.4. The second-order valence-electron chi connectivity index (χ2n) is 5.32. The van der Waals surface area contributed by atoms with Crippen LogP contribution in [0.4, 0.5) is 5.69 Å². The van der Waals surface area contributed by atoms with E-state index in [0.717, 1.165) is 5.92 Å². The molecule has 0 bridgehead atoms. The molecule has 0 aliphatic carbocycles. The van der Waals surface area contributed by atoms with Crippen LogP contribution in [-0.2, 0) is 6.42 Å². The Morgan fingerprint density at radius 2 is 2.12 bits per heavy atom. The van der Waals surface area contributed by atoms with Crippen LogP contribution in [0.15, 0.2) is 24.3 Å². The Hall–Kier alpha value is -1.02. The van der Waals surface area contributed by atoms with Gasteiger partial charge < -0.3 is 10.2 Å². The lowest BCUT2D eigenvalue weighted by Crippen LogP contribution is -2.14. The molecule has 0 saturated carbocycles. The van der Waals surface area contributed by atoms with Gasteiger partial charge in [-0.2, -0.15) is 0 Å². The van der Waals surface area contributed by atoms with Crippen LogP contribution in [0.2, 0.25) is 0 Å². The summed E-state index contributed by atoms with van der Waals surface area (Å²) in [5.41, 5.74) is 2.80. The first-order chi connectivity index (χ1) is 8.25. The van der Waals surface area contributed by atoms with Crippen molar-refractivity contribution in [2.24, 2.45) is 5.92 Å². The van der Waals surface area contributed by atoms with E-state index in [0.29, 0.717) is 0 Å². The maximum absolute atomic E-state index is 3.48. The van der Waals surface area contributed by atoms with Crippen LogP contribution in [0.5, 0.6) is 0 Å². The summed E-state index contributed by atoms with van der Waals surface area (Å²) in [7, 11) is 4.21. The van der Waals surface area contributed by atoms with Gasteiger partial charge in [0.25, 0.3) is 0 Å². The Labute approximate surface area is 105 Å². The fourth-order valence-electron chi connectivity index (χ4n) is 2.59. The average Bonchev–Trinajstić information content (AvgIpc) is 2.58. The monoisotopic (exact) mass is 232 g/mol. The number of rotatable bonds is 3. The van der Waals surface area contributed by atoms with E-state index >= 15 is 0 Å². The first-order valence-corrected chi connectivity index (χ1v) is 6.72. The van der Waals surface area contributed by atoms with Crippen LogP contribution < -0.4 is 10.2 Å². The van der Waals surface area contributed by atoms with Gasteiger partial charge in [0.05, 0.1) is 0 Å². The standard InChI is InChI=1S/C15H24N2/c1-17(2)15-7-3-5-14(12-15)11-13-6-4-9-16-10-8-13/h3,5,7,12-13,16H,4,6,8-11H2,1-2H3. The third-order valence-electron chi connectivity index (χ3n) is 3.65. The van der Waals surface area contributed by atoms with Gasteiger partial charge in [0, 0.05) is 19.8 Å². The van der Waals surface area contributed by atoms with Crippen molar-refractivity contribution in [1.82, 2.24) is 5.32 Å². The molecule has 0 spiro atoms. The second kappa shape index (κ2) is 6.06. The molecule has 1 fully saturated rings. The van der Waals surface area contributed by atoms with Crippen molar-refractivity contribution in [2.45, 2.75) is 25.7 Å². The Morgan fingerprint density at radius 3 is 2.94 bits per heavy atom. The molecule has 94 valence electrons. The minimum atomic E-state index is 0.863. The molecule has 2 rings (SSSR count). The zero-order chi connectivity index (χ0) is 12.1. The fourth-order valence-corrected chi connectivity index (χ4v) is 2.59. The Balaban J connectivity index is 1.99. The molecule has 1 atom stereocenters. The van der Waals surface area contributed by atoms with Gasteiger partial charge in [-0.05, 0) is 62.4 Å². The van der Waals surface area contributed by atoms with Crippen molar-refractivity contribution in [3.63, 3.8) is 0 Å². The smallest absolute Gasteiger partial charge is 0.0363 e. The molecule has 2 nitrogen and oxygen atoms in total. The van der Waals surface area contributed by atoms with Crippen LogP contribution in [-0.4, -0.2) is 27.2 Å². The van der Waals surface area contributed by atoms with E-state index in [1.54, 1.807) is 0 Å². The molecule has 0 amide bonds. The summed E-state index contributed by atoms with van der Waals surface area (Å²) in [4.78, 5) is 2.18. The molecule has 1 aliphatic rings. The van der Waals surface area contributed by atoms with Crippen molar-refractivity contribution < 1.29 is 0 Å². The van der Waals surface area contributed by atoms with E-state index in [-0.39, 0.29) is 0 Å². The summed E-state index contributed by atoms with van der Waals surface area (Å²) in [6.45, 7) is 2.40. The molecule has 17 heavy (non-hydrogen) atoms. The second-order valence-corrected chi connectivity index (χ2v) is 5.32.